The summed E-state index contributed by atoms with van der Waals surface area (Å²) in [5.74, 6) is 1.25. The van der Waals surface area contributed by atoms with Crippen LogP contribution in [0.15, 0.2) is 42.7 Å². The monoisotopic (exact) mass is 486 g/mol. The van der Waals surface area contributed by atoms with E-state index in [1.807, 2.05) is 18.5 Å². The van der Waals surface area contributed by atoms with Gasteiger partial charge in [-0.25, -0.2) is 4.98 Å². The second kappa shape index (κ2) is 8.80. The Kier molecular flexibility index (Phi) is 5.83. The summed E-state index contributed by atoms with van der Waals surface area (Å²) in [5, 5.41) is 14.5. The number of aliphatic hydroxyl groups excluding tert-OH is 1. The predicted molar refractivity (Wildman–Crippen MR) is 143 cm³/mol. The van der Waals surface area contributed by atoms with Crippen molar-refractivity contribution in [2.24, 2.45) is 0 Å². The summed E-state index contributed by atoms with van der Waals surface area (Å²) in [4.78, 5) is 11.7. The topological polar surface area (TPSA) is 79.7 Å². The minimum Gasteiger partial charge on any atom is -0.399 e. The van der Waals surface area contributed by atoms with Gasteiger partial charge >= 0.3 is 7.12 Å². The van der Waals surface area contributed by atoms with E-state index in [9.17, 15) is 5.11 Å². The van der Waals surface area contributed by atoms with Gasteiger partial charge in [0.05, 0.1) is 17.3 Å². The number of nitrogens with one attached hydrogen (secondary N) is 1. The highest BCUT2D eigenvalue weighted by atomic mass is 16.7. The molecule has 0 amide bonds. The van der Waals surface area contributed by atoms with Gasteiger partial charge in [0.1, 0.15) is 5.52 Å². The number of benzene rings is 1. The molecule has 2 saturated heterocycles. The number of fused-ring (bicyclic) bond motifs is 1. The SMILES string of the molecule is CC1(C)OB(c2cccc(Nc3nccc4cc(CN5CCC(O)C5)cnc34)c2C2CC2)OC1(C)C. The summed E-state index contributed by atoms with van der Waals surface area (Å²) in [7, 11) is -0.391. The maximum atomic E-state index is 9.84. The smallest absolute Gasteiger partial charge is 0.399 e. The lowest BCUT2D eigenvalue weighted by molar-refractivity contribution is 0.00578. The van der Waals surface area contributed by atoms with Gasteiger partial charge in [-0.3, -0.25) is 9.88 Å². The van der Waals surface area contributed by atoms with Crippen LogP contribution in [0.1, 0.15) is 64.0 Å². The zero-order valence-corrected chi connectivity index (χ0v) is 21.6. The molecule has 0 bridgehead atoms. The van der Waals surface area contributed by atoms with Crippen LogP contribution in [0.3, 0.4) is 0 Å². The van der Waals surface area contributed by atoms with Crippen LogP contribution < -0.4 is 10.8 Å². The van der Waals surface area contributed by atoms with Gasteiger partial charge in [-0.1, -0.05) is 12.1 Å². The molecule has 1 aromatic carbocycles. The molecule has 1 unspecified atom stereocenters. The van der Waals surface area contributed by atoms with Gasteiger partial charge < -0.3 is 19.7 Å². The van der Waals surface area contributed by atoms with Crippen molar-refractivity contribution in [3.05, 3.63) is 53.9 Å². The number of β-amino-alcohol motifs (C(OH)–C–C–N with tert-alkyl or cyclic N) is 1. The first-order valence-corrected chi connectivity index (χ1v) is 13.1. The van der Waals surface area contributed by atoms with Crippen LogP contribution in [-0.2, 0) is 15.9 Å². The number of hydrogen-bond donors (Lipinski definition) is 2. The molecule has 1 atom stereocenters. The van der Waals surface area contributed by atoms with Crippen molar-refractivity contribution in [2.75, 3.05) is 18.4 Å². The summed E-state index contributed by atoms with van der Waals surface area (Å²) in [6.45, 7) is 10.8. The maximum absolute atomic E-state index is 9.84. The Balaban J connectivity index is 1.30. The molecule has 2 N–H and O–H groups in total. The van der Waals surface area contributed by atoms with Crippen molar-refractivity contribution in [2.45, 2.75) is 76.7 Å². The number of aromatic nitrogens is 2. The molecule has 7 nitrogen and oxygen atoms in total. The Hall–Kier alpha value is -2.52. The van der Waals surface area contributed by atoms with Crippen LogP contribution in [0, 0.1) is 0 Å². The van der Waals surface area contributed by atoms with Gasteiger partial charge in [-0.15, -0.1) is 0 Å². The highest BCUT2D eigenvalue weighted by molar-refractivity contribution is 6.63. The first-order valence-electron chi connectivity index (χ1n) is 13.1. The van der Waals surface area contributed by atoms with Crippen LogP contribution in [0.4, 0.5) is 11.5 Å². The average Bonchev–Trinajstić information content (AvgIpc) is 3.54. The summed E-state index contributed by atoms with van der Waals surface area (Å²) in [6.07, 6.45) is 6.73. The fourth-order valence-electron chi connectivity index (χ4n) is 5.32. The van der Waals surface area contributed by atoms with Crippen LogP contribution in [0.25, 0.3) is 10.9 Å². The summed E-state index contributed by atoms with van der Waals surface area (Å²) >= 11 is 0. The Morgan fingerprint density at radius 1 is 1.08 bits per heavy atom. The molecular formula is C28H35BN4O3. The second-order valence-corrected chi connectivity index (χ2v) is 11.5. The first-order chi connectivity index (χ1) is 17.2. The third-order valence-electron chi connectivity index (χ3n) is 8.20. The van der Waals surface area contributed by atoms with E-state index in [1.165, 1.54) is 18.4 Å². The summed E-state index contributed by atoms with van der Waals surface area (Å²) < 4.78 is 12.8. The van der Waals surface area contributed by atoms with Crippen LogP contribution >= 0.6 is 0 Å². The van der Waals surface area contributed by atoms with E-state index < -0.39 is 7.12 Å². The normalized spacial score (nSPS) is 23.5. The van der Waals surface area contributed by atoms with Crippen molar-refractivity contribution in [1.82, 2.24) is 14.9 Å². The van der Waals surface area contributed by atoms with Crippen LogP contribution in [0.5, 0.6) is 0 Å². The van der Waals surface area contributed by atoms with E-state index in [2.05, 4.69) is 67.2 Å². The van der Waals surface area contributed by atoms with Gasteiger partial charge in [0.15, 0.2) is 5.82 Å². The number of pyridine rings is 2. The van der Waals surface area contributed by atoms with Crippen molar-refractivity contribution >= 4 is 35.0 Å². The molecule has 2 aromatic heterocycles. The summed E-state index contributed by atoms with van der Waals surface area (Å²) in [5.41, 5.74) is 4.65. The fraction of sp³-hybridized carbons (Fsp3) is 0.500. The van der Waals surface area contributed by atoms with Gasteiger partial charge in [-0.05, 0) is 87.7 Å². The number of likely N-dealkylation sites (tertiary alicyclic amines) is 1. The molecule has 1 saturated carbocycles. The molecule has 1 aliphatic carbocycles. The lowest BCUT2D eigenvalue weighted by atomic mass is 9.74. The van der Waals surface area contributed by atoms with E-state index in [4.69, 9.17) is 14.3 Å². The molecule has 3 aromatic rings. The molecule has 6 rings (SSSR count). The lowest BCUT2D eigenvalue weighted by Gasteiger charge is -2.32. The van der Waals surface area contributed by atoms with E-state index >= 15 is 0 Å². The largest absolute Gasteiger partial charge is 0.495 e. The number of rotatable bonds is 6. The van der Waals surface area contributed by atoms with Crippen LogP contribution in [-0.4, -0.2) is 57.5 Å². The maximum Gasteiger partial charge on any atom is 0.495 e. The van der Waals surface area contributed by atoms with Crippen molar-refractivity contribution in [3.8, 4) is 0 Å². The minimum absolute atomic E-state index is 0.216. The molecule has 3 fully saturated rings. The van der Waals surface area contributed by atoms with E-state index in [-0.39, 0.29) is 17.3 Å². The zero-order valence-electron chi connectivity index (χ0n) is 21.6. The van der Waals surface area contributed by atoms with E-state index in [1.54, 1.807) is 0 Å². The molecule has 188 valence electrons. The van der Waals surface area contributed by atoms with Crippen molar-refractivity contribution < 1.29 is 14.4 Å². The third kappa shape index (κ3) is 4.41. The Labute approximate surface area is 213 Å². The molecule has 2 aliphatic heterocycles. The molecule has 0 spiro atoms. The Morgan fingerprint density at radius 2 is 1.86 bits per heavy atom. The van der Waals surface area contributed by atoms with Crippen molar-refractivity contribution in [3.63, 3.8) is 0 Å². The number of nitrogens with zero attached hydrogens (tertiary/aromatic N) is 3. The molecule has 36 heavy (non-hydrogen) atoms. The molecule has 0 radical (unpaired) electrons. The number of hydrogen-bond acceptors (Lipinski definition) is 7. The summed E-state index contributed by atoms with van der Waals surface area (Å²) in [6, 6.07) is 10.5. The highest BCUT2D eigenvalue weighted by Gasteiger charge is 2.53. The fourth-order valence-corrected chi connectivity index (χ4v) is 5.32. The van der Waals surface area contributed by atoms with E-state index in [0.717, 1.165) is 59.5 Å². The van der Waals surface area contributed by atoms with Gasteiger partial charge in [0.25, 0.3) is 0 Å². The van der Waals surface area contributed by atoms with Crippen LogP contribution in [0.2, 0.25) is 0 Å². The standard InChI is InChI=1S/C28H35BN4O3/c1-27(2)28(3,4)36-29(35-27)22-6-5-7-23(24(22)19-8-9-19)32-26-25-20(10-12-30-26)14-18(15-31-25)16-33-13-11-21(34)17-33/h5-7,10,12,14-15,19,21,34H,8-9,11,13,16-17H2,1-4H3,(H,30,32). The quantitative estimate of drug-likeness (QED) is 0.508. The Morgan fingerprint density at radius 3 is 2.56 bits per heavy atom. The molecule has 8 heteroatoms. The molecular weight excluding hydrogens is 451 g/mol. The highest BCUT2D eigenvalue weighted by Crippen LogP contribution is 2.45. The van der Waals surface area contributed by atoms with Gasteiger partial charge in [0.2, 0.25) is 0 Å². The average molecular weight is 486 g/mol. The number of aliphatic hydroxyl groups is 1. The van der Waals surface area contributed by atoms with Crippen molar-refractivity contribution in [1.29, 1.82) is 0 Å². The molecule has 3 aliphatic rings. The lowest BCUT2D eigenvalue weighted by Crippen LogP contribution is -2.41. The second-order valence-electron chi connectivity index (χ2n) is 11.5. The third-order valence-corrected chi connectivity index (χ3v) is 8.20. The Bertz CT molecular complexity index is 1280. The first kappa shape index (κ1) is 23.9. The van der Waals surface area contributed by atoms with Gasteiger partial charge in [0, 0.05) is 43.1 Å². The zero-order chi connectivity index (χ0) is 25.1. The minimum atomic E-state index is -0.391. The van der Waals surface area contributed by atoms with Gasteiger partial charge in [-0.2, -0.15) is 0 Å². The predicted octanol–water partition coefficient (Wildman–Crippen LogP) is 4.12. The molecule has 4 heterocycles. The number of anilines is 2. The van der Waals surface area contributed by atoms with E-state index in [0.29, 0.717) is 5.92 Å².